The van der Waals surface area contributed by atoms with Crippen molar-refractivity contribution < 1.29 is 5.21 Å². The fourth-order valence-corrected chi connectivity index (χ4v) is 2.37. The molecular formula is C12H26N4O. The first kappa shape index (κ1) is 14.3. The van der Waals surface area contributed by atoms with E-state index in [4.69, 9.17) is 10.9 Å². The molecule has 1 heterocycles. The Labute approximate surface area is 104 Å². The van der Waals surface area contributed by atoms with E-state index in [1.807, 2.05) is 0 Å². The van der Waals surface area contributed by atoms with Crippen molar-refractivity contribution in [2.75, 3.05) is 39.3 Å². The highest BCUT2D eigenvalue weighted by atomic mass is 16.4. The van der Waals surface area contributed by atoms with Gasteiger partial charge < -0.3 is 15.8 Å². The van der Waals surface area contributed by atoms with Gasteiger partial charge in [-0.3, -0.25) is 4.90 Å². The normalized spacial score (nSPS) is 18.1. The fourth-order valence-electron chi connectivity index (χ4n) is 2.37. The Morgan fingerprint density at radius 1 is 1.35 bits per heavy atom. The van der Waals surface area contributed by atoms with Gasteiger partial charge in [-0.15, -0.1) is 0 Å². The van der Waals surface area contributed by atoms with Gasteiger partial charge in [-0.25, -0.2) is 0 Å². The molecule has 0 bridgehead atoms. The van der Waals surface area contributed by atoms with Crippen LogP contribution in [0.15, 0.2) is 5.16 Å². The summed E-state index contributed by atoms with van der Waals surface area (Å²) in [4.78, 5) is 4.78. The molecule has 5 nitrogen and oxygen atoms in total. The molecule has 1 saturated heterocycles. The monoisotopic (exact) mass is 242 g/mol. The third-order valence-electron chi connectivity index (χ3n) is 3.20. The molecule has 0 radical (unpaired) electrons. The van der Waals surface area contributed by atoms with E-state index in [9.17, 15) is 0 Å². The van der Waals surface area contributed by atoms with Crippen LogP contribution >= 0.6 is 0 Å². The van der Waals surface area contributed by atoms with Crippen molar-refractivity contribution in [2.24, 2.45) is 10.9 Å². The third kappa shape index (κ3) is 5.89. The zero-order valence-electron chi connectivity index (χ0n) is 10.9. The molecule has 1 aliphatic rings. The first-order chi connectivity index (χ1) is 8.26. The van der Waals surface area contributed by atoms with Crippen LogP contribution in [0, 0.1) is 0 Å². The summed E-state index contributed by atoms with van der Waals surface area (Å²) in [6, 6.07) is 0. The van der Waals surface area contributed by atoms with Crippen LogP contribution in [0.2, 0.25) is 0 Å². The maximum atomic E-state index is 8.58. The Morgan fingerprint density at radius 3 is 2.65 bits per heavy atom. The van der Waals surface area contributed by atoms with Crippen molar-refractivity contribution in [3.63, 3.8) is 0 Å². The summed E-state index contributed by atoms with van der Waals surface area (Å²) in [5, 5.41) is 11.6. The third-order valence-corrected chi connectivity index (χ3v) is 3.20. The Balaban J connectivity index is 2.18. The number of nitrogens with zero attached hydrogens (tertiary/aromatic N) is 3. The number of amidine groups is 1. The van der Waals surface area contributed by atoms with Gasteiger partial charge in [-0.2, -0.15) is 0 Å². The molecule has 0 atom stereocenters. The lowest BCUT2D eigenvalue weighted by molar-refractivity contribution is 0.262. The number of likely N-dealkylation sites (tertiary alicyclic amines) is 1. The molecule has 0 aliphatic carbocycles. The van der Waals surface area contributed by atoms with Gasteiger partial charge >= 0.3 is 0 Å². The standard InChI is InChI=1S/C12H26N4O/c1-2-6-16(11-12(13)14-17)10-5-9-15-7-3-4-8-15/h17H,2-11H2,1H3,(H2,13,14). The van der Waals surface area contributed by atoms with Gasteiger partial charge in [0.25, 0.3) is 0 Å². The fraction of sp³-hybridized carbons (Fsp3) is 0.917. The average molecular weight is 242 g/mol. The molecule has 0 saturated carbocycles. The van der Waals surface area contributed by atoms with E-state index >= 15 is 0 Å². The molecule has 1 rings (SSSR count). The minimum absolute atomic E-state index is 0.305. The number of nitrogens with two attached hydrogens (primary N) is 1. The predicted octanol–water partition coefficient (Wildman–Crippen LogP) is 0.931. The van der Waals surface area contributed by atoms with Crippen LogP contribution in [0.25, 0.3) is 0 Å². The first-order valence-corrected chi connectivity index (χ1v) is 6.67. The van der Waals surface area contributed by atoms with Crippen LogP contribution < -0.4 is 5.73 Å². The van der Waals surface area contributed by atoms with E-state index in [-0.39, 0.29) is 0 Å². The summed E-state index contributed by atoms with van der Waals surface area (Å²) in [7, 11) is 0. The van der Waals surface area contributed by atoms with Crippen molar-refractivity contribution in [1.82, 2.24) is 9.80 Å². The lowest BCUT2D eigenvalue weighted by Gasteiger charge is -2.22. The molecule has 5 heteroatoms. The second-order valence-corrected chi connectivity index (χ2v) is 4.77. The van der Waals surface area contributed by atoms with E-state index in [1.165, 1.54) is 38.9 Å². The molecule has 0 amide bonds. The van der Waals surface area contributed by atoms with Crippen molar-refractivity contribution in [3.05, 3.63) is 0 Å². The first-order valence-electron chi connectivity index (χ1n) is 6.67. The van der Waals surface area contributed by atoms with Crippen LogP contribution in [0.5, 0.6) is 0 Å². The van der Waals surface area contributed by atoms with Crippen molar-refractivity contribution in [3.8, 4) is 0 Å². The molecule has 1 aliphatic heterocycles. The smallest absolute Gasteiger partial charge is 0.153 e. The van der Waals surface area contributed by atoms with Crippen LogP contribution in [0.4, 0.5) is 0 Å². The van der Waals surface area contributed by atoms with E-state index in [2.05, 4.69) is 21.9 Å². The number of oxime groups is 1. The Morgan fingerprint density at radius 2 is 2.06 bits per heavy atom. The maximum absolute atomic E-state index is 8.58. The average Bonchev–Trinajstić information content (AvgIpc) is 2.82. The van der Waals surface area contributed by atoms with Crippen LogP contribution in [-0.4, -0.2) is 60.1 Å². The van der Waals surface area contributed by atoms with Gasteiger partial charge in [0, 0.05) is 0 Å². The lowest BCUT2D eigenvalue weighted by Crippen LogP contribution is -2.36. The zero-order chi connectivity index (χ0) is 12.5. The number of hydrogen-bond donors (Lipinski definition) is 2. The summed E-state index contributed by atoms with van der Waals surface area (Å²) in [6.45, 7) is 8.46. The lowest BCUT2D eigenvalue weighted by atomic mass is 10.3. The quantitative estimate of drug-likeness (QED) is 0.288. The zero-order valence-corrected chi connectivity index (χ0v) is 10.9. The number of hydrogen-bond acceptors (Lipinski definition) is 4. The van der Waals surface area contributed by atoms with Gasteiger partial charge in [-0.1, -0.05) is 12.1 Å². The summed E-state index contributed by atoms with van der Waals surface area (Å²) in [5.74, 6) is 0.305. The molecule has 100 valence electrons. The SMILES string of the molecule is CCCN(CCCN1CCCC1)C/C(N)=N/O. The molecule has 0 unspecified atom stereocenters. The van der Waals surface area contributed by atoms with Crippen LogP contribution in [0.3, 0.4) is 0 Å². The van der Waals surface area contributed by atoms with Crippen molar-refractivity contribution >= 4 is 5.84 Å². The van der Waals surface area contributed by atoms with Gasteiger partial charge in [0.2, 0.25) is 0 Å². The Bertz CT molecular complexity index is 227. The van der Waals surface area contributed by atoms with Gasteiger partial charge in [-0.05, 0) is 58.4 Å². The molecule has 0 aromatic rings. The minimum Gasteiger partial charge on any atom is -0.409 e. The molecule has 0 aromatic heterocycles. The summed E-state index contributed by atoms with van der Waals surface area (Å²) in [6.07, 6.45) is 4.96. The second kappa shape index (κ2) is 8.31. The maximum Gasteiger partial charge on any atom is 0.153 e. The Hall–Kier alpha value is -0.810. The predicted molar refractivity (Wildman–Crippen MR) is 70.4 cm³/mol. The van der Waals surface area contributed by atoms with E-state index in [0.29, 0.717) is 12.4 Å². The highest BCUT2D eigenvalue weighted by Crippen LogP contribution is 2.07. The van der Waals surface area contributed by atoms with E-state index in [0.717, 1.165) is 19.5 Å². The highest BCUT2D eigenvalue weighted by Gasteiger charge is 2.12. The molecule has 0 spiro atoms. The topological polar surface area (TPSA) is 65.1 Å². The highest BCUT2D eigenvalue weighted by molar-refractivity contribution is 5.81. The van der Waals surface area contributed by atoms with E-state index < -0.39 is 0 Å². The van der Waals surface area contributed by atoms with Crippen molar-refractivity contribution in [2.45, 2.75) is 32.6 Å². The molecule has 17 heavy (non-hydrogen) atoms. The van der Waals surface area contributed by atoms with Crippen LogP contribution in [0.1, 0.15) is 32.6 Å². The van der Waals surface area contributed by atoms with Gasteiger partial charge in [0.05, 0.1) is 6.54 Å². The Kier molecular flexibility index (Phi) is 6.96. The largest absolute Gasteiger partial charge is 0.409 e. The second-order valence-electron chi connectivity index (χ2n) is 4.77. The van der Waals surface area contributed by atoms with Crippen molar-refractivity contribution in [1.29, 1.82) is 0 Å². The van der Waals surface area contributed by atoms with Gasteiger partial charge in [0.15, 0.2) is 5.84 Å². The summed E-state index contributed by atoms with van der Waals surface area (Å²) in [5.41, 5.74) is 5.55. The summed E-state index contributed by atoms with van der Waals surface area (Å²) >= 11 is 0. The molecule has 3 N–H and O–H groups in total. The minimum atomic E-state index is 0.305. The van der Waals surface area contributed by atoms with E-state index in [1.54, 1.807) is 0 Å². The molecule has 1 fully saturated rings. The molecule has 0 aromatic carbocycles. The van der Waals surface area contributed by atoms with Gasteiger partial charge in [0.1, 0.15) is 0 Å². The molecular weight excluding hydrogens is 216 g/mol. The summed E-state index contributed by atoms with van der Waals surface area (Å²) < 4.78 is 0. The number of rotatable bonds is 8. The van der Waals surface area contributed by atoms with Crippen LogP contribution in [-0.2, 0) is 0 Å².